The maximum absolute atomic E-state index is 13.6. The van der Waals surface area contributed by atoms with Gasteiger partial charge in [-0.15, -0.1) is 0 Å². The lowest BCUT2D eigenvalue weighted by atomic mass is 10.0. The summed E-state index contributed by atoms with van der Waals surface area (Å²) in [6.45, 7) is 0.604. The Balaban J connectivity index is 1.79. The topological polar surface area (TPSA) is 196 Å². The normalized spacial score (nSPS) is 21.1. The van der Waals surface area contributed by atoms with Gasteiger partial charge in [-0.25, -0.2) is 4.79 Å². The van der Waals surface area contributed by atoms with Crippen LogP contribution in [0.4, 0.5) is 0 Å². The van der Waals surface area contributed by atoms with Gasteiger partial charge in [-0.05, 0) is 49.8 Å². The number of nitrogens with zero attached hydrogens (tertiary/aromatic N) is 2. The maximum Gasteiger partial charge on any atom is 0.326 e. The van der Waals surface area contributed by atoms with E-state index in [1.54, 1.807) is 12.1 Å². The van der Waals surface area contributed by atoms with Crippen LogP contribution in [0.2, 0.25) is 0 Å². The highest BCUT2D eigenvalue weighted by Crippen LogP contribution is 2.26. The first kappa shape index (κ1) is 26.9. The molecule has 196 valence electrons. The molecule has 4 unspecified atom stereocenters. The van der Waals surface area contributed by atoms with Crippen molar-refractivity contribution in [2.24, 2.45) is 11.5 Å². The average Bonchev–Trinajstić information content (AvgIpc) is 3.52. The van der Waals surface area contributed by atoms with E-state index in [0.717, 1.165) is 0 Å². The molecule has 1 aromatic carbocycles. The summed E-state index contributed by atoms with van der Waals surface area (Å²) in [5, 5.41) is 21.7. The minimum atomic E-state index is -1.07. The predicted octanol–water partition coefficient (Wildman–Crippen LogP) is -0.921. The largest absolute Gasteiger partial charge is 0.508 e. The third kappa shape index (κ3) is 6.51. The zero-order valence-corrected chi connectivity index (χ0v) is 20.0. The second-order valence-corrected chi connectivity index (χ2v) is 9.26. The lowest BCUT2D eigenvalue weighted by Crippen LogP contribution is -2.57. The van der Waals surface area contributed by atoms with Gasteiger partial charge in [-0.1, -0.05) is 12.1 Å². The van der Waals surface area contributed by atoms with Gasteiger partial charge in [0.15, 0.2) is 0 Å². The molecule has 0 spiro atoms. The molecule has 1 aromatic rings. The van der Waals surface area contributed by atoms with E-state index in [1.807, 2.05) is 0 Å². The van der Waals surface area contributed by atoms with Crippen molar-refractivity contribution in [1.82, 2.24) is 15.1 Å². The van der Waals surface area contributed by atoms with Crippen LogP contribution < -0.4 is 16.8 Å². The summed E-state index contributed by atoms with van der Waals surface area (Å²) in [5.41, 5.74) is 11.7. The van der Waals surface area contributed by atoms with Crippen LogP contribution in [0.25, 0.3) is 0 Å². The van der Waals surface area contributed by atoms with Crippen LogP contribution in [0, 0.1) is 0 Å². The molecule has 2 saturated heterocycles. The summed E-state index contributed by atoms with van der Waals surface area (Å²) in [4.78, 5) is 65.0. The van der Waals surface area contributed by atoms with Gasteiger partial charge in [0.1, 0.15) is 23.9 Å². The van der Waals surface area contributed by atoms with Crippen molar-refractivity contribution in [1.29, 1.82) is 0 Å². The predicted molar refractivity (Wildman–Crippen MR) is 127 cm³/mol. The molecule has 7 N–H and O–H groups in total. The highest BCUT2D eigenvalue weighted by Gasteiger charge is 2.43. The summed E-state index contributed by atoms with van der Waals surface area (Å²) in [5.74, 6) is -3.16. The molecule has 2 fully saturated rings. The fourth-order valence-electron chi connectivity index (χ4n) is 4.74. The summed E-state index contributed by atoms with van der Waals surface area (Å²) in [6, 6.07) is 2.28. The number of carboxylic acid groups (broad SMARTS) is 1. The Hall–Kier alpha value is -3.67. The molecular formula is C24H33N5O7. The van der Waals surface area contributed by atoms with Crippen LogP contribution in [0.15, 0.2) is 24.3 Å². The molecule has 3 rings (SSSR count). The zero-order chi connectivity index (χ0) is 26.4. The van der Waals surface area contributed by atoms with Crippen molar-refractivity contribution in [3.8, 4) is 5.75 Å². The van der Waals surface area contributed by atoms with Gasteiger partial charge in [0.25, 0.3) is 0 Å². The number of aromatic hydroxyl groups is 1. The Morgan fingerprint density at radius 1 is 1.00 bits per heavy atom. The van der Waals surface area contributed by atoms with Gasteiger partial charge >= 0.3 is 5.97 Å². The molecule has 4 atom stereocenters. The molecule has 2 aliphatic heterocycles. The first-order valence-electron chi connectivity index (χ1n) is 12.0. The lowest BCUT2D eigenvalue weighted by Gasteiger charge is -2.32. The molecule has 36 heavy (non-hydrogen) atoms. The van der Waals surface area contributed by atoms with E-state index in [-0.39, 0.29) is 31.6 Å². The van der Waals surface area contributed by atoms with Crippen LogP contribution in [0.1, 0.15) is 44.1 Å². The van der Waals surface area contributed by atoms with E-state index >= 15 is 0 Å². The molecular weight excluding hydrogens is 470 g/mol. The number of nitrogens with one attached hydrogen (secondary N) is 1. The lowest BCUT2D eigenvalue weighted by molar-refractivity contribution is -0.152. The van der Waals surface area contributed by atoms with Crippen molar-refractivity contribution >= 4 is 29.6 Å². The van der Waals surface area contributed by atoms with E-state index in [2.05, 4.69) is 5.32 Å². The van der Waals surface area contributed by atoms with Crippen molar-refractivity contribution in [2.75, 3.05) is 13.1 Å². The Kier molecular flexibility index (Phi) is 8.86. The van der Waals surface area contributed by atoms with Gasteiger partial charge in [-0.2, -0.15) is 0 Å². The Bertz CT molecular complexity index is 999. The van der Waals surface area contributed by atoms with Crippen molar-refractivity contribution in [2.45, 2.75) is 69.1 Å². The van der Waals surface area contributed by atoms with Crippen LogP contribution >= 0.6 is 0 Å². The molecule has 0 aromatic heterocycles. The number of carboxylic acids is 1. The van der Waals surface area contributed by atoms with Crippen LogP contribution in [0.5, 0.6) is 5.75 Å². The average molecular weight is 504 g/mol. The van der Waals surface area contributed by atoms with Crippen LogP contribution in [0.3, 0.4) is 0 Å². The first-order chi connectivity index (χ1) is 17.1. The monoisotopic (exact) mass is 503 g/mol. The Morgan fingerprint density at radius 3 is 2.22 bits per heavy atom. The number of primary amides is 1. The van der Waals surface area contributed by atoms with E-state index in [4.69, 9.17) is 11.5 Å². The second kappa shape index (κ2) is 11.8. The zero-order valence-electron chi connectivity index (χ0n) is 20.0. The molecule has 0 saturated carbocycles. The number of benzene rings is 1. The number of carbonyl (C=O) groups excluding carboxylic acids is 4. The molecule has 2 aliphatic rings. The Labute approximate surface area is 208 Å². The summed E-state index contributed by atoms with van der Waals surface area (Å²) in [6.07, 6.45) is 1.89. The van der Waals surface area contributed by atoms with E-state index in [1.165, 1.54) is 21.9 Å². The number of rotatable bonds is 10. The number of likely N-dealkylation sites (tertiary alicyclic amines) is 2. The van der Waals surface area contributed by atoms with Gasteiger partial charge < -0.3 is 36.8 Å². The van der Waals surface area contributed by atoms with E-state index in [9.17, 15) is 34.2 Å². The van der Waals surface area contributed by atoms with E-state index < -0.39 is 53.8 Å². The molecule has 0 aliphatic carbocycles. The third-order valence-electron chi connectivity index (χ3n) is 6.67. The van der Waals surface area contributed by atoms with Crippen molar-refractivity contribution in [3.05, 3.63) is 29.8 Å². The SMILES string of the molecule is NC(=O)CCC(N)C(=O)NC(Cc1ccc(O)cc1)C(=O)N1CCCC1C(=O)N1CCCC1C(=O)O. The highest BCUT2D eigenvalue weighted by molar-refractivity contribution is 5.95. The summed E-state index contributed by atoms with van der Waals surface area (Å²) < 4.78 is 0. The molecule has 4 amide bonds. The smallest absolute Gasteiger partial charge is 0.326 e. The summed E-state index contributed by atoms with van der Waals surface area (Å²) in [7, 11) is 0. The quantitative estimate of drug-likeness (QED) is 0.270. The number of hydrogen-bond donors (Lipinski definition) is 5. The second-order valence-electron chi connectivity index (χ2n) is 9.26. The van der Waals surface area contributed by atoms with Crippen LogP contribution in [-0.2, 0) is 30.4 Å². The molecule has 0 bridgehead atoms. The number of nitrogens with two attached hydrogens (primary N) is 2. The number of phenols is 1. The fourth-order valence-corrected chi connectivity index (χ4v) is 4.74. The number of aliphatic carboxylic acids is 1. The highest BCUT2D eigenvalue weighted by atomic mass is 16.4. The minimum absolute atomic E-state index is 0.0116. The number of amides is 4. The number of hydrogen-bond acceptors (Lipinski definition) is 7. The number of phenolic OH excluding ortho intramolecular Hbond substituents is 1. The van der Waals surface area contributed by atoms with Gasteiger partial charge in [0.2, 0.25) is 23.6 Å². The maximum atomic E-state index is 13.6. The molecule has 12 heteroatoms. The van der Waals surface area contributed by atoms with Crippen molar-refractivity contribution in [3.63, 3.8) is 0 Å². The van der Waals surface area contributed by atoms with Gasteiger partial charge in [0, 0.05) is 25.9 Å². The molecule has 12 nitrogen and oxygen atoms in total. The Morgan fingerprint density at radius 2 is 1.61 bits per heavy atom. The first-order valence-corrected chi connectivity index (χ1v) is 12.0. The molecule has 2 heterocycles. The minimum Gasteiger partial charge on any atom is -0.508 e. The fraction of sp³-hybridized carbons (Fsp3) is 0.542. The van der Waals surface area contributed by atoms with Gasteiger partial charge in [0.05, 0.1) is 6.04 Å². The third-order valence-corrected chi connectivity index (χ3v) is 6.67. The van der Waals surface area contributed by atoms with Crippen molar-refractivity contribution < 1.29 is 34.2 Å². The molecule has 0 radical (unpaired) electrons. The van der Waals surface area contributed by atoms with Crippen LogP contribution in [-0.4, -0.2) is 86.9 Å². The summed E-state index contributed by atoms with van der Waals surface area (Å²) >= 11 is 0. The van der Waals surface area contributed by atoms with E-state index in [0.29, 0.717) is 37.8 Å². The number of carbonyl (C=O) groups is 5. The van der Waals surface area contributed by atoms with Gasteiger partial charge in [-0.3, -0.25) is 19.2 Å². The standard InChI is InChI=1S/C24H33N5O7/c25-16(9-10-20(26)31)21(32)27-17(13-14-5-7-15(30)8-6-14)22(33)28-11-1-3-18(28)23(34)29-12-2-4-19(29)24(35)36/h5-8,16-19,30H,1-4,9-13,25H2,(H2,26,31)(H,27,32)(H,35,36).